The van der Waals surface area contributed by atoms with E-state index in [0.717, 1.165) is 12.1 Å². The smallest absolute Gasteiger partial charge is 0.222 e. The lowest BCUT2D eigenvalue weighted by Crippen LogP contribution is -2.17. The summed E-state index contributed by atoms with van der Waals surface area (Å²) in [4.78, 5) is 27.2. The molecule has 0 saturated carbocycles. The van der Waals surface area contributed by atoms with Crippen molar-refractivity contribution >= 4 is 23.2 Å². The highest BCUT2D eigenvalue weighted by Gasteiger charge is 2.18. The van der Waals surface area contributed by atoms with Crippen LogP contribution in [0.1, 0.15) is 22.8 Å². The van der Waals surface area contributed by atoms with Crippen molar-refractivity contribution < 1.29 is 19.2 Å². The molecule has 2 aromatic rings. The quantitative estimate of drug-likeness (QED) is 0.392. The Morgan fingerprint density at radius 1 is 1.18 bits per heavy atom. The molecule has 0 unspecified atom stereocenters. The Labute approximate surface area is 125 Å². The first-order valence-electron chi connectivity index (χ1n) is 6.27. The predicted molar refractivity (Wildman–Crippen MR) is 77.6 cm³/mol. The van der Waals surface area contributed by atoms with Crippen molar-refractivity contribution in [3.8, 4) is 0 Å². The van der Waals surface area contributed by atoms with E-state index in [0.29, 0.717) is 0 Å². The van der Waals surface area contributed by atoms with Gasteiger partial charge in [0, 0.05) is 24.2 Å². The van der Waals surface area contributed by atoms with Crippen molar-refractivity contribution in [2.45, 2.75) is 6.92 Å². The highest BCUT2D eigenvalue weighted by Crippen LogP contribution is 2.13. The van der Waals surface area contributed by atoms with Crippen molar-refractivity contribution in [1.29, 1.82) is 0 Å². The summed E-state index contributed by atoms with van der Waals surface area (Å²) in [5, 5.41) is 14.6. The van der Waals surface area contributed by atoms with Crippen molar-refractivity contribution in [2.24, 2.45) is 5.16 Å². The summed E-state index contributed by atoms with van der Waals surface area (Å²) in [5.41, 5.74) is 0.211. The molecule has 0 aliphatic heterocycles. The monoisotopic (exact) mass is 301 g/mol. The Bertz CT molecular complexity index is 742. The van der Waals surface area contributed by atoms with E-state index in [1.807, 2.05) is 0 Å². The first-order valence-corrected chi connectivity index (χ1v) is 6.27. The minimum absolute atomic E-state index is 0.173. The number of nitrogens with zero attached hydrogens (tertiary/aromatic N) is 2. The van der Waals surface area contributed by atoms with Crippen LogP contribution in [-0.2, 0) is 4.79 Å². The molecule has 1 aromatic carbocycles. The normalized spacial score (nSPS) is 11.1. The lowest BCUT2D eigenvalue weighted by Gasteiger charge is -2.06. The van der Waals surface area contributed by atoms with Crippen molar-refractivity contribution in [3.63, 3.8) is 0 Å². The maximum absolute atomic E-state index is 12.9. The van der Waals surface area contributed by atoms with Gasteiger partial charge in [-0.15, -0.1) is 0 Å². The summed E-state index contributed by atoms with van der Waals surface area (Å²) in [6.45, 7) is 1.32. The molecular weight excluding hydrogens is 289 g/mol. The van der Waals surface area contributed by atoms with Crippen LogP contribution in [0, 0.1) is 5.82 Å². The topological polar surface area (TPSA) is 91.6 Å². The zero-order valence-electron chi connectivity index (χ0n) is 11.6. The molecule has 0 spiro atoms. The number of hydrogen-bond donors (Lipinski definition) is 2. The highest BCUT2D eigenvalue weighted by molar-refractivity contribution is 6.51. The van der Waals surface area contributed by atoms with Crippen molar-refractivity contribution in [1.82, 2.24) is 4.98 Å². The third-order valence-corrected chi connectivity index (χ3v) is 2.76. The van der Waals surface area contributed by atoms with E-state index in [-0.39, 0.29) is 28.6 Å². The van der Waals surface area contributed by atoms with Gasteiger partial charge in [0.05, 0.1) is 0 Å². The highest BCUT2D eigenvalue weighted by atomic mass is 19.1. The molecule has 0 aliphatic carbocycles. The lowest BCUT2D eigenvalue weighted by atomic mass is 10.0. The van der Waals surface area contributed by atoms with E-state index >= 15 is 0 Å². The minimum atomic E-state index is -0.581. The van der Waals surface area contributed by atoms with Gasteiger partial charge in [0.2, 0.25) is 11.7 Å². The summed E-state index contributed by atoms with van der Waals surface area (Å²) in [6, 6.07) is 7.71. The van der Waals surface area contributed by atoms with Gasteiger partial charge in [-0.3, -0.25) is 9.59 Å². The number of rotatable bonds is 4. The third-order valence-electron chi connectivity index (χ3n) is 2.76. The molecule has 1 heterocycles. The summed E-state index contributed by atoms with van der Waals surface area (Å²) < 4.78 is 12.9. The number of nitrogens with one attached hydrogen (secondary N) is 1. The number of Topliss-reactive ketones (excluding diaryl/α,β-unsaturated/α-hetero) is 1. The average Bonchev–Trinajstić information content (AvgIpc) is 2.48. The molecule has 7 heteroatoms. The van der Waals surface area contributed by atoms with Crippen LogP contribution < -0.4 is 5.32 Å². The number of carbonyl (C=O) groups is 2. The second-order valence-corrected chi connectivity index (χ2v) is 4.40. The largest absolute Gasteiger partial charge is 0.410 e. The fraction of sp³-hybridized carbons (Fsp3) is 0.0667. The van der Waals surface area contributed by atoms with Gasteiger partial charge in [-0.05, 0) is 36.4 Å². The van der Waals surface area contributed by atoms with Gasteiger partial charge >= 0.3 is 0 Å². The van der Waals surface area contributed by atoms with Gasteiger partial charge in [0.25, 0.3) is 0 Å². The number of oxime groups is 1. The maximum Gasteiger partial charge on any atom is 0.222 e. The van der Waals surface area contributed by atoms with Crippen LogP contribution in [0.25, 0.3) is 0 Å². The minimum Gasteiger partial charge on any atom is -0.410 e. The van der Waals surface area contributed by atoms with E-state index in [1.165, 1.54) is 37.4 Å². The predicted octanol–water partition coefficient (Wildman–Crippen LogP) is 2.24. The van der Waals surface area contributed by atoms with E-state index < -0.39 is 11.6 Å². The number of ketones is 1. The number of pyridine rings is 1. The van der Waals surface area contributed by atoms with Gasteiger partial charge in [-0.2, -0.15) is 0 Å². The average molecular weight is 301 g/mol. The van der Waals surface area contributed by atoms with Gasteiger partial charge in [0.1, 0.15) is 11.6 Å². The summed E-state index contributed by atoms with van der Waals surface area (Å²) in [7, 11) is 0. The number of aromatic nitrogens is 1. The first-order chi connectivity index (χ1) is 10.5. The fourth-order valence-electron chi connectivity index (χ4n) is 1.80. The molecule has 112 valence electrons. The summed E-state index contributed by atoms with van der Waals surface area (Å²) >= 11 is 0. The number of hydrogen-bond acceptors (Lipinski definition) is 5. The fourth-order valence-corrected chi connectivity index (χ4v) is 1.80. The zero-order valence-corrected chi connectivity index (χ0v) is 11.6. The lowest BCUT2D eigenvalue weighted by molar-refractivity contribution is -0.114. The molecule has 2 rings (SSSR count). The van der Waals surface area contributed by atoms with Crippen LogP contribution in [0.15, 0.2) is 47.8 Å². The Balaban J connectivity index is 2.34. The van der Waals surface area contributed by atoms with Crippen LogP contribution in [0.2, 0.25) is 0 Å². The zero-order chi connectivity index (χ0) is 16.1. The van der Waals surface area contributed by atoms with E-state index in [2.05, 4.69) is 15.5 Å². The van der Waals surface area contributed by atoms with E-state index in [4.69, 9.17) is 5.21 Å². The molecule has 0 radical (unpaired) electrons. The Kier molecular flexibility index (Phi) is 4.57. The molecule has 2 N–H and O–H groups in total. The molecule has 0 bridgehead atoms. The second kappa shape index (κ2) is 6.57. The molecule has 0 saturated heterocycles. The molecule has 0 fully saturated rings. The molecule has 0 atom stereocenters. The van der Waals surface area contributed by atoms with Crippen LogP contribution >= 0.6 is 0 Å². The molecular formula is C15H12FN3O3. The number of amides is 1. The molecule has 6 nitrogen and oxygen atoms in total. The molecule has 1 amide bonds. The van der Waals surface area contributed by atoms with Crippen LogP contribution in [0.5, 0.6) is 0 Å². The van der Waals surface area contributed by atoms with Crippen LogP contribution in [0.3, 0.4) is 0 Å². The first kappa shape index (κ1) is 15.3. The third kappa shape index (κ3) is 3.51. The van der Waals surface area contributed by atoms with Gasteiger partial charge in [-0.25, -0.2) is 9.37 Å². The summed E-state index contributed by atoms with van der Waals surface area (Å²) in [5.74, 6) is -1.16. The van der Waals surface area contributed by atoms with Crippen molar-refractivity contribution in [2.75, 3.05) is 5.32 Å². The summed E-state index contributed by atoms with van der Waals surface area (Å²) in [6.07, 6.45) is 1.36. The van der Waals surface area contributed by atoms with Crippen LogP contribution in [0.4, 0.5) is 10.2 Å². The van der Waals surface area contributed by atoms with Crippen molar-refractivity contribution in [3.05, 3.63) is 59.5 Å². The molecule has 1 aromatic heterocycles. The number of anilines is 1. The Hall–Kier alpha value is -3.09. The van der Waals surface area contributed by atoms with E-state index in [9.17, 15) is 14.0 Å². The standard InChI is InChI=1S/C15H12FN3O3/c1-9(20)18-13-8-11(6-7-17-13)14(19-22)15(21)10-2-4-12(16)5-3-10/h2-8,22H,1H3,(H,17,18,20). The molecule has 22 heavy (non-hydrogen) atoms. The maximum atomic E-state index is 12.9. The van der Waals surface area contributed by atoms with E-state index in [1.54, 1.807) is 0 Å². The Morgan fingerprint density at radius 2 is 1.86 bits per heavy atom. The van der Waals surface area contributed by atoms with Crippen LogP contribution in [-0.4, -0.2) is 27.6 Å². The van der Waals surface area contributed by atoms with Gasteiger partial charge in [0.15, 0.2) is 5.71 Å². The number of benzene rings is 1. The number of halogens is 1. The molecule has 0 aliphatic rings. The Morgan fingerprint density at radius 3 is 2.45 bits per heavy atom. The second-order valence-electron chi connectivity index (χ2n) is 4.40. The SMILES string of the molecule is CC(=O)Nc1cc(C(=NO)C(=O)c2ccc(F)cc2)ccn1. The van der Waals surface area contributed by atoms with Gasteiger partial charge < -0.3 is 10.5 Å². The van der Waals surface area contributed by atoms with Gasteiger partial charge in [-0.1, -0.05) is 5.16 Å². The number of carbonyl (C=O) groups excluding carboxylic acids is 2.